The van der Waals surface area contributed by atoms with Crippen molar-refractivity contribution in [2.24, 2.45) is 7.05 Å². The Morgan fingerprint density at radius 2 is 1.83 bits per heavy atom. The molecule has 5 rings (SSSR count). The molecule has 0 N–H and O–H groups in total. The van der Waals surface area contributed by atoms with Gasteiger partial charge in [-0.2, -0.15) is 0 Å². The van der Waals surface area contributed by atoms with Gasteiger partial charge in [0.25, 0.3) is 11.5 Å². The molecule has 0 bridgehead atoms. The van der Waals surface area contributed by atoms with Gasteiger partial charge in [0, 0.05) is 42.8 Å². The molecule has 2 aromatic heterocycles. The maximum absolute atomic E-state index is 15.7. The van der Waals surface area contributed by atoms with Crippen molar-refractivity contribution in [3.63, 3.8) is 0 Å². The van der Waals surface area contributed by atoms with Gasteiger partial charge in [-0.05, 0) is 56.2 Å². The number of likely N-dealkylation sites (tertiary alicyclic amines) is 1. The van der Waals surface area contributed by atoms with Gasteiger partial charge in [-0.25, -0.2) is 13.2 Å². The molecule has 1 fully saturated rings. The van der Waals surface area contributed by atoms with E-state index in [1.54, 1.807) is 12.1 Å². The number of hydrogen-bond acceptors (Lipinski definition) is 3. The highest BCUT2D eigenvalue weighted by molar-refractivity contribution is 6.07. The van der Waals surface area contributed by atoms with E-state index in [1.165, 1.54) is 35.4 Å². The summed E-state index contributed by atoms with van der Waals surface area (Å²) in [4.78, 5) is 28.5. The molecule has 4 aromatic rings. The molecule has 1 aliphatic heterocycles. The van der Waals surface area contributed by atoms with Crippen LogP contribution in [-0.4, -0.2) is 46.1 Å². The molecule has 1 saturated heterocycles. The van der Waals surface area contributed by atoms with E-state index >= 15 is 4.39 Å². The quantitative estimate of drug-likeness (QED) is 0.419. The molecule has 2 aromatic carbocycles. The monoisotopic (exact) mass is 483 g/mol. The minimum absolute atomic E-state index is 0.0108. The van der Waals surface area contributed by atoms with Crippen LogP contribution in [0, 0.1) is 12.7 Å². The number of aryl methyl sites for hydroxylation is 2. The molecule has 0 atom stereocenters. The third-order valence-electron chi connectivity index (χ3n) is 6.79. The third-order valence-corrected chi connectivity index (χ3v) is 6.79. The molecule has 0 aliphatic carbocycles. The Kier molecular flexibility index (Phi) is 5.78. The molecule has 0 unspecified atom stereocenters. The SMILES string of the molecule is Cc1cc2c(F)c(-n3cc(C(=O)N4CCC(F)CC4)c4ccc(OCF)cc4c3=O)ccc2n1C. The van der Waals surface area contributed by atoms with Gasteiger partial charge in [0.1, 0.15) is 11.9 Å². The van der Waals surface area contributed by atoms with Gasteiger partial charge in [-0.3, -0.25) is 14.2 Å². The zero-order valence-electron chi connectivity index (χ0n) is 19.4. The minimum atomic E-state index is -1.09. The van der Waals surface area contributed by atoms with E-state index in [9.17, 15) is 18.4 Å². The summed E-state index contributed by atoms with van der Waals surface area (Å²) in [6.07, 6.45) is 0.845. The standard InChI is InChI=1S/C26H24F3N3O3/c1-15-11-20-22(30(15)2)5-6-23(24(20)29)32-13-21(25(33)31-9-7-16(28)8-10-31)18-4-3-17(35-14-27)12-19(18)26(32)34/h3-6,11-13,16H,7-10,14H2,1-2H3. The van der Waals surface area contributed by atoms with Crippen LogP contribution in [0.4, 0.5) is 13.2 Å². The lowest BCUT2D eigenvalue weighted by Gasteiger charge is -2.29. The summed E-state index contributed by atoms with van der Waals surface area (Å²) < 4.78 is 50.0. The number of ether oxygens (including phenoxy) is 1. The van der Waals surface area contributed by atoms with Gasteiger partial charge in [0.05, 0.1) is 22.2 Å². The number of nitrogens with zero attached hydrogens (tertiary/aromatic N) is 3. The van der Waals surface area contributed by atoms with E-state index in [0.29, 0.717) is 16.3 Å². The van der Waals surface area contributed by atoms with Gasteiger partial charge in [-0.15, -0.1) is 0 Å². The van der Waals surface area contributed by atoms with Crippen molar-refractivity contribution in [3.8, 4) is 11.4 Å². The molecule has 182 valence electrons. The number of benzene rings is 2. The Bertz CT molecular complexity index is 1520. The Balaban J connectivity index is 1.74. The summed E-state index contributed by atoms with van der Waals surface area (Å²) in [5.41, 5.74) is 1.11. The molecule has 0 spiro atoms. The van der Waals surface area contributed by atoms with Crippen LogP contribution in [-0.2, 0) is 7.05 Å². The molecule has 1 aliphatic rings. The summed E-state index contributed by atoms with van der Waals surface area (Å²) >= 11 is 0. The number of fused-ring (bicyclic) bond motifs is 2. The van der Waals surface area contributed by atoms with Crippen LogP contribution in [0.15, 0.2) is 47.4 Å². The molecule has 35 heavy (non-hydrogen) atoms. The number of amides is 1. The van der Waals surface area contributed by atoms with E-state index < -0.39 is 24.4 Å². The number of hydrogen-bond donors (Lipinski definition) is 0. The highest BCUT2D eigenvalue weighted by atomic mass is 19.1. The highest BCUT2D eigenvalue weighted by Crippen LogP contribution is 2.29. The average molecular weight is 483 g/mol. The van der Waals surface area contributed by atoms with E-state index in [2.05, 4.69) is 0 Å². The van der Waals surface area contributed by atoms with Gasteiger partial charge >= 0.3 is 0 Å². The molecule has 9 heteroatoms. The Morgan fingerprint density at radius 1 is 1.09 bits per heavy atom. The number of alkyl halides is 2. The Morgan fingerprint density at radius 3 is 2.54 bits per heavy atom. The van der Waals surface area contributed by atoms with Crippen LogP contribution in [0.3, 0.4) is 0 Å². The van der Waals surface area contributed by atoms with Crippen LogP contribution < -0.4 is 10.3 Å². The number of piperidine rings is 1. The molecular weight excluding hydrogens is 459 g/mol. The van der Waals surface area contributed by atoms with Gasteiger partial charge in [0.15, 0.2) is 5.82 Å². The van der Waals surface area contributed by atoms with E-state index in [1.807, 2.05) is 18.5 Å². The number of aromatic nitrogens is 2. The maximum atomic E-state index is 15.7. The third kappa shape index (κ3) is 3.84. The summed E-state index contributed by atoms with van der Waals surface area (Å²) in [6.45, 7) is 1.25. The second-order valence-corrected chi connectivity index (χ2v) is 8.82. The van der Waals surface area contributed by atoms with Gasteiger partial charge in [0.2, 0.25) is 6.86 Å². The van der Waals surface area contributed by atoms with Crippen molar-refractivity contribution in [1.82, 2.24) is 14.0 Å². The predicted molar refractivity (Wildman–Crippen MR) is 127 cm³/mol. The lowest BCUT2D eigenvalue weighted by molar-refractivity contribution is 0.0668. The number of pyridine rings is 1. The first-order valence-corrected chi connectivity index (χ1v) is 11.4. The number of carbonyl (C=O) groups is 1. The molecule has 3 heterocycles. The van der Waals surface area contributed by atoms with Gasteiger partial charge < -0.3 is 14.2 Å². The average Bonchev–Trinajstić information content (AvgIpc) is 3.15. The predicted octanol–water partition coefficient (Wildman–Crippen LogP) is 4.81. The van der Waals surface area contributed by atoms with Crippen LogP contribution in [0.2, 0.25) is 0 Å². The van der Waals surface area contributed by atoms with Gasteiger partial charge in [-0.1, -0.05) is 0 Å². The first-order chi connectivity index (χ1) is 16.8. The van der Waals surface area contributed by atoms with Crippen LogP contribution in [0.5, 0.6) is 5.75 Å². The van der Waals surface area contributed by atoms with Crippen molar-refractivity contribution in [2.75, 3.05) is 20.0 Å². The van der Waals surface area contributed by atoms with Crippen molar-refractivity contribution in [1.29, 1.82) is 0 Å². The summed E-state index contributed by atoms with van der Waals surface area (Å²) in [5, 5.41) is 0.773. The fourth-order valence-electron chi connectivity index (χ4n) is 4.73. The van der Waals surface area contributed by atoms with Crippen molar-refractivity contribution >= 4 is 27.6 Å². The normalized spacial score (nSPS) is 14.7. The van der Waals surface area contributed by atoms with Crippen LogP contribution >= 0.6 is 0 Å². The highest BCUT2D eigenvalue weighted by Gasteiger charge is 2.26. The van der Waals surface area contributed by atoms with Crippen LogP contribution in [0.25, 0.3) is 27.4 Å². The second kappa shape index (κ2) is 8.79. The zero-order chi connectivity index (χ0) is 24.9. The molecule has 1 amide bonds. The summed E-state index contributed by atoms with van der Waals surface area (Å²) in [5.74, 6) is -0.867. The fraction of sp³-hybridized carbons (Fsp3) is 0.308. The van der Waals surface area contributed by atoms with Crippen molar-refractivity contribution < 1.29 is 22.7 Å². The first kappa shape index (κ1) is 23.0. The zero-order valence-corrected chi connectivity index (χ0v) is 19.4. The maximum Gasteiger partial charge on any atom is 0.263 e. The summed E-state index contributed by atoms with van der Waals surface area (Å²) in [7, 11) is 1.82. The number of rotatable bonds is 4. The molecule has 0 radical (unpaired) electrons. The number of carbonyl (C=O) groups excluding carboxylic acids is 1. The van der Waals surface area contributed by atoms with Crippen LogP contribution in [0.1, 0.15) is 28.9 Å². The topological polar surface area (TPSA) is 56.5 Å². The Labute approximate surface area is 199 Å². The smallest absolute Gasteiger partial charge is 0.263 e. The Hall–Kier alpha value is -3.75. The lowest BCUT2D eigenvalue weighted by Crippen LogP contribution is -2.39. The second-order valence-electron chi connectivity index (χ2n) is 8.82. The molecular formula is C26H24F3N3O3. The fourth-order valence-corrected chi connectivity index (χ4v) is 4.73. The first-order valence-electron chi connectivity index (χ1n) is 11.4. The van der Waals surface area contributed by atoms with Crippen molar-refractivity contribution in [2.45, 2.75) is 25.9 Å². The van der Waals surface area contributed by atoms with E-state index in [-0.39, 0.29) is 54.2 Å². The number of halogens is 3. The largest absolute Gasteiger partial charge is 0.463 e. The minimum Gasteiger partial charge on any atom is -0.463 e. The van der Waals surface area contributed by atoms with E-state index in [4.69, 9.17) is 4.74 Å². The summed E-state index contributed by atoms with van der Waals surface area (Å²) in [6, 6.07) is 9.24. The lowest BCUT2D eigenvalue weighted by atomic mass is 10.0. The van der Waals surface area contributed by atoms with Crippen molar-refractivity contribution in [3.05, 3.63) is 70.0 Å². The molecule has 0 saturated carbocycles. The molecule has 6 nitrogen and oxygen atoms in total. The van der Waals surface area contributed by atoms with E-state index in [0.717, 1.165) is 10.3 Å².